The number of nitrogens with one attached hydrogen (secondary N) is 2. The summed E-state index contributed by atoms with van der Waals surface area (Å²) in [5, 5.41) is 10.1. The highest BCUT2D eigenvalue weighted by atomic mass is 16.5. The lowest BCUT2D eigenvalue weighted by Gasteiger charge is -2.32. The van der Waals surface area contributed by atoms with Gasteiger partial charge in [0.05, 0.1) is 29.8 Å². The van der Waals surface area contributed by atoms with Crippen molar-refractivity contribution in [2.75, 3.05) is 25.1 Å². The van der Waals surface area contributed by atoms with Crippen LogP contribution in [0.1, 0.15) is 35.8 Å². The van der Waals surface area contributed by atoms with Crippen LogP contribution >= 0.6 is 0 Å². The molecule has 0 atom stereocenters. The summed E-state index contributed by atoms with van der Waals surface area (Å²) < 4.78 is 5.18. The van der Waals surface area contributed by atoms with Crippen LogP contribution in [0.5, 0.6) is 5.88 Å². The SMILES string of the molecule is COc1ccc(-c2nc(C3CCN(c4ncnc5[nH]c(-c6ccc(C#N)cc6)cc45)CC3)[nH]c2C)cn1. The van der Waals surface area contributed by atoms with Gasteiger partial charge in [-0.2, -0.15) is 5.26 Å². The van der Waals surface area contributed by atoms with E-state index in [1.165, 1.54) is 0 Å². The van der Waals surface area contributed by atoms with Gasteiger partial charge in [-0.1, -0.05) is 12.1 Å². The molecule has 1 saturated heterocycles. The van der Waals surface area contributed by atoms with Crippen molar-refractivity contribution in [2.45, 2.75) is 25.7 Å². The number of benzene rings is 1. The number of nitrogens with zero attached hydrogens (tertiary/aromatic N) is 6. The van der Waals surface area contributed by atoms with Gasteiger partial charge in [0.25, 0.3) is 0 Å². The maximum absolute atomic E-state index is 9.08. The molecule has 9 nitrogen and oxygen atoms in total. The molecular weight excluding hydrogens is 464 g/mol. The van der Waals surface area contributed by atoms with Crippen molar-refractivity contribution in [1.82, 2.24) is 29.9 Å². The summed E-state index contributed by atoms with van der Waals surface area (Å²) in [6.07, 6.45) is 5.38. The second-order valence-corrected chi connectivity index (χ2v) is 9.28. The van der Waals surface area contributed by atoms with Crippen LogP contribution in [-0.4, -0.2) is 50.1 Å². The van der Waals surface area contributed by atoms with E-state index >= 15 is 0 Å². The van der Waals surface area contributed by atoms with Gasteiger partial charge in [0.15, 0.2) is 0 Å². The standard InChI is InChI=1S/C28H26N8O/c1-17-25(21-7-8-24(37-2)30-15-21)35-26(33-17)20-9-11-36(12-10-20)28-22-13-23(34-27(22)31-16-32-28)19-5-3-18(14-29)4-6-19/h3-8,13,15-16,20H,9-12H2,1-2H3,(H,33,35)(H,31,32,34). The Labute approximate surface area is 214 Å². The zero-order valence-corrected chi connectivity index (χ0v) is 20.7. The Balaban J connectivity index is 1.20. The number of aromatic nitrogens is 6. The predicted octanol–water partition coefficient (Wildman–Crippen LogP) is 4.98. The molecule has 1 aliphatic heterocycles. The average Bonchev–Trinajstić information content (AvgIpc) is 3.57. The van der Waals surface area contributed by atoms with Crippen LogP contribution in [0.4, 0.5) is 5.82 Å². The van der Waals surface area contributed by atoms with Crippen LogP contribution in [0.2, 0.25) is 0 Å². The molecule has 1 aromatic carbocycles. The van der Waals surface area contributed by atoms with Crippen LogP contribution < -0.4 is 9.64 Å². The molecule has 1 fully saturated rings. The Morgan fingerprint density at radius 2 is 1.78 bits per heavy atom. The molecule has 0 spiro atoms. The third kappa shape index (κ3) is 4.27. The minimum Gasteiger partial charge on any atom is -0.481 e. The van der Waals surface area contributed by atoms with Crippen LogP contribution in [0.15, 0.2) is 55.0 Å². The van der Waals surface area contributed by atoms with E-state index in [2.05, 4.69) is 48.9 Å². The van der Waals surface area contributed by atoms with E-state index in [0.29, 0.717) is 17.4 Å². The Bertz CT molecular complexity index is 1590. The lowest BCUT2D eigenvalue weighted by molar-refractivity contribution is 0.398. The van der Waals surface area contributed by atoms with Crippen molar-refractivity contribution >= 4 is 16.9 Å². The fraction of sp³-hybridized carbons (Fsp3) is 0.250. The first-order valence-corrected chi connectivity index (χ1v) is 12.3. The molecule has 0 bridgehead atoms. The molecule has 1 aliphatic rings. The molecule has 0 aliphatic carbocycles. The van der Waals surface area contributed by atoms with Gasteiger partial charge in [0, 0.05) is 48.2 Å². The summed E-state index contributed by atoms with van der Waals surface area (Å²) in [6, 6.07) is 15.7. The Morgan fingerprint density at radius 1 is 1.00 bits per heavy atom. The molecule has 9 heteroatoms. The summed E-state index contributed by atoms with van der Waals surface area (Å²) in [6.45, 7) is 3.82. The number of methoxy groups -OCH3 is 1. The molecule has 0 saturated carbocycles. The first kappa shape index (κ1) is 22.7. The highest BCUT2D eigenvalue weighted by molar-refractivity contribution is 5.92. The Morgan fingerprint density at radius 3 is 2.49 bits per heavy atom. The summed E-state index contributed by atoms with van der Waals surface area (Å²) >= 11 is 0. The molecule has 184 valence electrons. The average molecular weight is 491 g/mol. The molecule has 5 aromatic rings. The van der Waals surface area contributed by atoms with Gasteiger partial charge >= 0.3 is 0 Å². The van der Waals surface area contributed by atoms with E-state index in [1.807, 2.05) is 36.4 Å². The van der Waals surface area contributed by atoms with Gasteiger partial charge in [-0.25, -0.2) is 19.9 Å². The van der Waals surface area contributed by atoms with E-state index in [4.69, 9.17) is 15.0 Å². The Hall–Kier alpha value is -4.71. The molecule has 5 heterocycles. The van der Waals surface area contributed by atoms with Crippen molar-refractivity contribution in [3.05, 3.63) is 72.1 Å². The van der Waals surface area contributed by atoms with Crippen LogP contribution in [-0.2, 0) is 0 Å². The second kappa shape index (κ2) is 9.39. The quantitative estimate of drug-likeness (QED) is 0.356. The summed E-state index contributed by atoms with van der Waals surface area (Å²) in [5.74, 6) is 2.92. The van der Waals surface area contributed by atoms with E-state index in [0.717, 1.165) is 76.8 Å². The van der Waals surface area contributed by atoms with Crippen LogP contribution in [0.25, 0.3) is 33.5 Å². The van der Waals surface area contributed by atoms with Gasteiger partial charge in [-0.3, -0.25) is 0 Å². The van der Waals surface area contributed by atoms with Crippen molar-refractivity contribution in [3.8, 4) is 34.5 Å². The fourth-order valence-corrected chi connectivity index (χ4v) is 5.02. The molecule has 37 heavy (non-hydrogen) atoms. The van der Waals surface area contributed by atoms with Gasteiger partial charge in [0.2, 0.25) is 5.88 Å². The number of hydrogen-bond acceptors (Lipinski definition) is 7. The number of H-pyrrole nitrogens is 2. The first-order chi connectivity index (χ1) is 18.1. The van der Waals surface area contributed by atoms with E-state index in [-0.39, 0.29) is 0 Å². The number of rotatable bonds is 5. The van der Waals surface area contributed by atoms with Gasteiger partial charge in [-0.05, 0) is 49.6 Å². The van der Waals surface area contributed by atoms with Crippen LogP contribution in [0, 0.1) is 18.3 Å². The molecule has 6 rings (SSSR count). The number of hydrogen-bond donors (Lipinski definition) is 2. The highest BCUT2D eigenvalue weighted by Gasteiger charge is 2.26. The van der Waals surface area contributed by atoms with E-state index in [9.17, 15) is 0 Å². The van der Waals surface area contributed by atoms with Crippen molar-refractivity contribution in [3.63, 3.8) is 0 Å². The summed E-state index contributed by atoms with van der Waals surface area (Å²) in [4.78, 5) is 27.6. The maximum Gasteiger partial charge on any atom is 0.212 e. The number of pyridine rings is 1. The van der Waals surface area contributed by atoms with E-state index < -0.39 is 0 Å². The number of piperidine rings is 1. The molecule has 0 amide bonds. The highest BCUT2D eigenvalue weighted by Crippen LogP contribution is 2.34. The zero-order chi connectivity index (χ0) is 25.4. The maximum atomic E-state index is 9.08. The number of aryl methyl sites for hydroxylation is 1. The lowest BCUT2D eigenvalue weighted by Crippen LogP contribution is -2.33. The number of fused-ring (bicyclic) bond motifs is 1. The summed E-state index contributed by atoms with van der Waals surface area (Å²) in [5.41, 5.74) is 6.39. The number of ether oxygens (including phenoxy) is 1. The summed E-state index contributed by atoms with van der Waals surface area (Å²) in [7, 11) is 1.61. The molecule has 0 unspecified atom stereocenters. The minimum atomic E-state index is 0.354. The topological polar surface area (TPSA) is 119 Å². The molecule has 4 aromatic heterocycles. The van der Waals surface area contributed by atoms with Gasteiger partial charge in [-0.15, -0.1) is 0 Å². The third-order valence-corrected chi connectivity index (χ3v) is 7.03. The first-order valence-electron chi connectivity index (χ1n) is 12.3. The van der Waals surface area contributed by atoms with Gasteiger partial charge in [0.1, 0.15) is 23.6 Å². The van der Waals surface area contributed by atoms with Crippen molar-refractivity contribution in [2.24, 2.45) is 0 Å². The molecular formula is C28H26N8O. The number of aromatic amines is 2. The molecule has 0 radical (unpaired) electrons. The lowest BCUT2D eigenvalue weighted by atomic mass is 9.96. The van der Waals surface area contributed by atoms with E-state index in [1.54, 1.807) is 19.6 Å². The smallest absolute Gasteiger partial charge is 0.212 e. The molecule has 2 N–H and O–H groups in total. The third-order valence-electron chi connectivity index (χ3n) is 7.03. The van der Waals surface area contributed by atoms with Crippen molar-refractivity contribution < 1.29 is 4.74 Å². The largest absolute Gasteiger partial charge is 0.481 e. The number of nitriles is 1. The zero-order valence-electron chi connectivity index (χ0n) is 20.7. The van der Waals surface area contributed by atoms with Crippen LogP contribution in [0.3, 0.4) is 0 Å². The fourth-order valence-electron chi connectivity index (χ4n) is 5.02. The number of imidazole rings is 1. The Kier molecular flexibility index (Phi) is 5.77. The van der Waals surface area contributed by atoms with Crippen molar-refractivity contribution in [1.29, 1.82) is 5.26 Å². The van der Waals surface area contributed by atoms with Gasteiger partial charge < -0.3 is 19.6 Å². The normalized spacial score (nSPS) is 14.1. The predicted molar refractivity (Wildman–Crippen MR) is 141 cm³/mol. The second-order valence-electron chi connectivity index (χ2n) is 9.28. The minimum absolute atomic E-state index is 0.354. The monoisotopic (exact) mass is 490 g/mol. The number of anilines is 1.